The third kappa shape index (κ3) is 3.71. The molecular weight excluding hydrogens is 396 g/mol. The minimum atomic E-state index is -0.264. The van der Waals surface area contributed by atoms with E-state index >= 15 is 0 Å². The van der Waals surface area contributed by atoms with Gasteiger partial charge in [0.1, 0.15) is 5.82 Å². The first-order valence-electron chi connectivity index (χ1n) is 5.61. The summed E-state index contributed by atoms with van der Waals surface area (Å²) in [7, 11) is 0. The Kier molecular flexibility index (Phi) is 4.87. The monoisotopic (exact) mass is 405 g/mol. The highest BCUT2D eigenvalue weighted by Gasteiger charge is 2.05. The van der Waals surface area contributed by atoms with Crippen LogP contribution < -0.4 is 5.32 Å². The number of rotatable bonds is 3. The van der Waals surface area contributed by atoms with Gasteiger partial charge in [-0.2, -0.15) is 0 Å². The summed E-state index contributed by atoms with van der Waals surface area (Å²) in [5.41, 5.74) is 2.76. The fraction of sp³-hybridized carbons (Fsp3) is 0.143. The topological polar surface area (TPSA) is 12.0 Å². The van der Waals surface area contributed by atoms with E-state index < -0.39 is 0 Å². The number of benzene rings is 2. The van der Waals surface area contributed by atoms with Gasteiger partial charge in [0, 0.05) is 16.0 Å². The zero-order chi connectivity index (χ0) is 14.0. The molecule has 0 amide bonds. The summed E-state index contributed by atoms with van der Waals surface area (Å²) in [6, 6.07) is 8.87. The Hall–Kier alpha value is -0.580. The first kappa shape index (κ1) is 14.8. The van der Waals surface area contributed by atoms with Crippen molar-refractivity contribution in [3.63, 3.8) is 0 Å². The van der Waals surface area contributed by atoms with E-state index in [0.717, 1.165) is 21.3 Å². The van der Waals surface area contributed by atoms with Crippen molar-refractivity contribution < 1.29 is 4.39 Å². The summed E-state index contributed by atoms with van der Waals surface area (Å²) in [5, 5.41) is 3.93. The number of hydrogen-bond acceptors (Lipinski definition) is 1. The van der Waals surface area contributed by atoms with Crippen molar-refractivity contribution in [2.24, 2.45) is 0 Å². The van der Waals surface area contributed by atoms with Gasteiger partial charge in [-0.15, -0.1) is 0 Å². The van der Waals surface area contributed by atoms with Crippen molar-refractivity contribution in [2.45, 2.75) is 13.5 Å². The van der Waals surface area contributed by atoms with E-state index in [0.29, 0.717) is 16.0 Å². The van der Waals surface area contributed by atoms with Crippen LogP contribution in [0.1, 0.15) is 11.1 Å². The van der Waals surface area contributed by atoms with E-state index in [1.807, 2.05) is 25.1 Å². The fourth-order valence-corrected chi connectivity index (χ4v) is 2.64. The maximum absolute atomic E-state index is 13.4. The lowest BCUT2D eigenvalue weighted by molar-refractivity contribution is 0.619. The van der Waals surface area contributed by atoms with Gasteiger partial charge in [0.2, 0.25) is 0 Å². The van der Waals surface area contributed by atoms with Crippen LogP contribution >= 0.6 is 43.5 Å². The number of nitrogens with one attached hydrogen (secondary N) is 1. The Morgan fingerprint density at radius 1 is 1.16 bits per heavy atom. The standard InChI is InChI=1S/C14H11Br2ClFN/c1-8-4-11(16)14(6-12(8)17)19-7-9-2-3-10(15)13(18)5-9/h2-6,19H,7H2,1H3. The molecule has 1 nitrogen and oxygen atoms in total. The smallest absolute Gasteiger partial charge is 0.137 e. The van der Waals surface area contributed by atoms with Crippen LogP contribution in [0, 0.1) is 12.7 Å². The molecule has 0 spiro atoms. The Labute approximate surface area is 133 Å². The SMILES string of the molecule is Cc1cc(Br)c(NCc2ccc(Br)c(F)c2)cc1Cl. The highest BCUT2D eigenvalue weighted by molar-refractivity contribution is 9.10. The third-order valence-electron chi connectivity index (χ3n) is 2.72. The largest absolute Gasteiger partial charge is 0.380 e. The van der Waals surface area contributed by atoms with Gasteiger partial charge in [-0.1, -0.05) is 17.7 Å². The molecule has 0 aliphatic carbocycles. The highest BCUT2D eigenvalue weighted by Crippen LogP contribution is 2.29. The first-order chi connectivity index (χ1) is 8.97. The molecule has 0 unspecified atom stereocenters. The zero-order valence-corrected chi connectivity index (χ0v) is 14.0. The maximum Gasteiger partial charge on any atom is 0.137 e. The van der Waals surface area contributed by atoms with E-state index in [-0.39, 0.29) is 5.82 Å². The van der Waals surface area contributed by atoms with Gasteiger partial charge in [-0.05, 0) is 74.2 Å². The van der Waals surface area contributed by atoms with Crippen molar-refractivity contribution >= 4 is 49.1 Å². The van der Waals surface area contributed by atoms with E-state index in [1.54, 1.807) is 6.07 Å². The minimum absolute atomic E-state index is 0.264. The molecule has 0 bridgehead atoms. The van der Waals surface area contributed by atoms with Crippen LogP contribution in [0.3, 0.4) is 0 Å². The molecule has 0 saturated carbocycles. The number of aryl methyl sites for hydroxylation is 1. The molecule has 0 heterocycles. The molecule has 0 aliphatic rings. The van der Waals surface area contributed by atoms with Crippen molar-refractivity contribution in [1.82, 2.24) is 0 Å². The van der Waals surface area contributed by atoms with Crippen molar-refractivity contribution in [3.8, 4) is 0 Å². The summed E-state index contributed by atoms with van der Waals surface area (Å²) in [6.07, 6.45) is 0. The number of anilines is 1. The average molecular weight is 408 g/mol. The first-order valence-corrected chi connectivity index (χ1v) is 7.57. The van der Waals surface area contributed by atoms with Gasteiger partial charge < -0.3 is 5.32 Å². The van der Waals surface area contributed by atoms with E-state index in [1.165, 1.54) is 6.07 Å². The highest BCUT2D eigenvalue weighted by atomic mass is 79.9. The van der Waals surface area contributed by atoms with Crippen LogP contribution in [0.4, 0.5) is 10.1 Å². The van der Waals surface area contributed by atoms with E-state index in [4.69, 9.17) is 11.6 Å². The van der Waals surface area contributed by atoms with Crippen LogP contribution in [0.25, 0.3) is 0 Å². The summed E-state index contributed by atoms with van der Waals surface area (Å²) >= 11 is 12.7. The summed E-state index contributed by atoms with van der Waals surface area (Å²) in [6.45, 7) is 2.48. The van der Waals surface area contributed by atoms with Crippen LogP contribution in [0.2, 0.25) is 5.02 Å². The molecule has 0 radical (unpaired) electrons. The predicted octanol–water partition coefficient (Wildman–Crippen LogP) is 5.92. The quantitative estimate of drug-likeness (QED) is 0.665. The summed E-state index contributed by atoms with van der Waals surface area (Å²) < 4.78 is 14.8. The second kappa shape index (κ2) is 6.25. The lowest BCUT2D eigenvalue weighted by atomic mass is 10.2. The number of halogens is 4. The van der Waals surface area contributed by atoms with Crippen molar-refractivity contribution in [1.29, 1.82) is 0 Å². The van der Waals surface area contributed by atoms with Gasteiger partial charge in [0.25, 0.3) is 0 Å². The van der Waals surface area contributed by atoms with Crippen LogP contribution in [-0.2, 0) is 6.54 Å². The second-order valence-corrected chi connectivity index (χ2v) is 6.30. The van der Waals surface area contributed by atoms with Gasteiger partial charge in [-0.3, -0.25) is 0 Å². The Morgan fingerprint density at radius 2 is 1.89 bits per heavy atom. The summed E-state index contributed by atoms with van der Waals surface area (Å²) in [5.74, 6) is -0.264. The molecular formula is C14H11Br2ClFN. The van der Waals surface area contributed by atoms with Gasteiger partial charge >= 0.3 is 0 Å². The molecule has 0 fully saturated rings. The van der Waals surface area contributed by atoms with Crippen LogP contribution in [0.5, 0.6) is 0 Å². The molecule has 19 heavy (non-hydrogen) atoms. The van der Waals surface area contributed by atoms with Gasteiger partial charge in [-0.25, -0.2) is 4.39 Å². The molecule has 0 aromatic heterocycles. The lowest BCUT2D eigenvalue weighted by Crippen LogP contribution is -2.01. The number of hydrogen-bond donors (Lipinski definition) is 1. The molecule has 0 saturated heterocycles. The molecule has 0 aliphatic heterocycles. The van der Waals surface area contributed by atoms with Crippen LogP contribution in [-0.4, -0.2) is 0 Å². The Morgan fingerprint density at radius 3 is 2.58 bits per heavy atom. The molecule has 100 valence electrons. The Bertz CT molecular complexity index is 617. The fourth-order valence-electron chi connectivity index (χ4n) is 1.63. The van der Waals surface area contributed by atoms with Crippen LogP contribution in [0.15, 0.2) is 39.3 Å². The third-order valence-corrected chi connectivity index (χ3v) is 4.42. The lowest BCUT2D eigenvalue weighted by Gasteiger charge is -2.11. The van der Waals surface area contributed by atoms with E-state index in [9.17, 15) is 4.39 Å². The zero-order valence-electron chi connectivity index (χ0n) is 10.1. The minimum Gasteiger partial charge on any atom is -0.380 e. The van der Waals surface area contributed by atoms with Crippen molar-refractivity contribution in [3.05, 3.63) is 61.2 Å². The molecule has 5 heteroatoms. The Balaban J connectivity index is 2.14. The second-order valence-electron chi connectivity index (χ2n) is 4.18. The molecule has 1 N–H and O–H groups in total. The molecule has 2 aromatic carbocycles. The van der Waals surface area contributed by atoms with Gasteiger partial charge in [0.05, 0.1) is 10.2 Å². The normalized spacial score (nSPS) is 10.6. The molecule has 2 aromatic rings. The van der Waals surface area contributed by atoms with Gasteiger partial charge in [0.15, 0.2) is 0 Å². The summed E-state index contributed by atoms with van der Waals surface area (Å²) in [4.78, 5) is 0. The average Bonchev–Trinajstić information content (AvgIpc) is 2.36. The molecule has 2 rings (SSSR count). The molecule has 0 atom stereocenters. The van der Waals surface area contributed by atoms with E-state index in [2.05, 4.69) is 37.2 Å². The maximum atomic E-state index is 13.4. The van der Waals surface area contributed by atoms with Crippen molar-refractivity contribution in [2.75, 3.05) is 5.32 Å². The predicted molar refractivity (Wildman–Crippen MR) is 85.3 cm³/mol.